The summed E-state index contributed by atoms with van der Waals surface area (Å²) in [5.74, 6) is 0.865. The molecule has 0 amide bonds. The molecule has 0 heterocycles. The van der Waals surface area contributed by atoms with Gasteiger partial charge in [0, 0.05) is 0 Å². The molecule has 0 bridgehead atoms. The molecule has 2 unspecified atom stereocenters. The molecule has 2 rings (SSSR count). The minimum Gasteiger partial charge on any atom is -0.318 e. The third kappa shape index (κ3) is 3.27. The number of hydrogen-bond donors (Lipinski definition) is 1. The average molecular weight is 257 g/mol. The highest BCUT2D eigenvalue weighted by atomic mass is 14.7. The fourth-order valence-electron chi connectivity index (χ4n) is 2.97. The first-order valence-corrected chi connectivity index (χ1v) is 7.65. The lowest BCUT2D eigenvalue weighted by Gasteiger charge is -2.17. The number of nitrogens with two attached hydrogens (primary N) is 1. The van der Waals surface area contributed by atoms with Crippen molar-refractivity contribution in [3.63, 3.8) is 0 Å². The van der Waals surface area contributed by atoms with Crippen molar-refractivity contribution in [3.05, 3.63) is 41.5 Å². The number of allylic oxidation sites excluding steroid dienone is 1. The first-order valence-electron chi connectivity index (χ1n) is 7.65. The first kappa shape index (κ1) is 14.3. The molecule has 1 aliphatic rings. The number of benzene rings is 1. The average Bonchev–Trinajstić information content (AvgIpc) is 2.67. The van der Waals surface area contributed by atoms with Crippen molar-refractivity contribution in [2.24, 2.45) is 11.7 Å². The monoisotopic (exact) mass is 257 g/mol. The van der Waals surface area contributed by atoms with Crippen LogP contribution in [-0.4, -0.2) is 0 Å². The van der Waals surface area contributed by atoms with Gasteiger partial charge in [-0.1, -0.05) is 63.5 Å². The summed E-state index contributed by atoms with van der Waals surface area (Å²) in [4.78, 5) is 0. The Morgan fingerprint density at radius 2 is 1.95 bits per heavy atom. The Morgan fingerprint density at radius 1 is 1.21 bits per heavy atom. The molecule has 1 aromatic rings. The van der Waals surface area contributed by atoms with Crippen molar-refractivity contribution in [2.75, 3.05) is 0 Å². The van der Waals surface area contributed by atoms with E-state index < -0.39 is 0 Å². The molecule has 0 saturated heterocycles. The van der Waals surface area contributed by atoms with Gasteiger partial charge in [0.15, 0.2) is 0 Å². The van der Waals surface area contributed by atoms with E-state index in [0.29, 0.717) is 0 Å². The molecular formula is C18H27N. The van der Waals surface area contributed by atoms with E-state index in [0.717, 1.165) is 5.92 Å². The number of hydrogen-bond acceptors (Lipinski definition) is 1. The third-order valence-corrected chi connectivity index (χ3v) is 4.42. The Bertz CT molecular complexity index is 457. The van der Waals surface area contributed by atoms with Gasteiger partial charge in [-0.25, -0.2) is 0 Å². The molecular weight excluding hydrogens is 230 g/mol. The van der Waals surface area contributed by atoms with Crippen LogP contribution in [0.25, 0.3) is 5.57 Å². The summed E-state index contributed by atoms with van der Waals surface area (Å²) < 4.78 is 0. The van der Waals surface area contributed by atoms with Crippen LogP contribution in [0, 0.1) is 5.92 Å². The Hall–Kier alpha value is -1.08. The maximum Gasteiger partial charge on any atom is 0.0578 e. The summed E-state index contributed by atoms with van der Waals surface area (Å²) in [6, 6.07) is 8.59. The summed E-state index contributed by atoms with van der Waals surface area (Å²) in [7, 11) is 0. The van der Waals surface area contributed by atoms with Crippen LogP contribution in [0.3, 0.4) is 0 Å². The van der Waals surface area contributed by atoms with Crippen LogP contribution < -0.4 is 5.73 Å². The van der Waals surface area contributed by atoms with Crippen LogP contribution in [0.2, 0.25) is 0 Å². The van der Waals surface area contributed by atoms with Gasteiger partial charge in [-0.3, -0.25) is 0 Å². The van der Waals surface area contributed by atoms with Gasteiger partial charge in [-0.2, -0.15) is 0 Å². The fraction of sp³-hybridized carbons (Fsp3) is 0.556. The van der Waals surface area contributed by atoms with Gasteiger partial charge >= 0.3 is 0 Å². The van der Waals surface area contributed by atoms with E-state index in [4.69, 9.17) is 5.73 Å². The Labute approximate surface area is 117 Å². The van der Waals surface area contributed by atoms with Gasteiger partial charge in [0.25, 0.3) is 0 Å². The smallest absolute Gasteiger partial charge is 0.0578 e. The summed E-state index contributed by atoms with van der Waals surface area (Å²) in [5.41, 5.74) is 10.2. The normalized spacial score (nSPS) is 23.1. The molecule has 0 aliphatic heterocycles. The van der Waals surface area contributed by atoms with Crippen molar-refractivity contribution in [2.45, 2.75) is 58.4 Å². The van der Waals surface area contributed by atoms with E-state index in [1.54, 1.807) is 0 Å². The van der Waals surface area contributed by atoms with E-state index in [1.165, 1.54) is 48.8 Å². The molecule has 2 atom stereocenters. The molecule has 0 aromatic heterocycles. The van der Waals surface area contributed by atoms with Crippen LogP contribution in [0.1, 0.15) is 64.0 Å². The SMILES string of the molecule is CCC(C)CCCCC1=CC(C)(N)c2ccccc21. The quantitative estimate of drug-likeness (QED) is 0.723. The second kappa shape index (κ2) is 5.92. The minimum absolute atomic E-state index is 0.275. The van der Waals surface area contributed by atoms with Crippen molar-refractivity contribution >= 4 is 5.57 Å². The zero-order chi connectivity index (χ0) is 13.9. The van der Waals surface area contributed by atoms with Gasteiger partial charge in [-0.05, 0) is 42.4 Å². The zero-order valence-corrected chi connectivity index (χ0v) is 12.6. The van der Waals surface area contributed by atoms with E-state index >= 15 is 0 Å². The van der Waals surface area contributed by atoms with Gasteiger partial charge in [0.05, 0.1) is 5.54 Å². The summed E-state index contributed by atoms with van der Waals surface area (Å²) in [6.07, 6.45) is 8.69. The summed E-state index contributed by atoms with van der Waals surface area (Å²) in [5, 5.41) is 0. The Balaban J connectivity index is 1.95. The molecule has 2 N–H and O–H groups in total. The number of unbranched alkanes of at least 4 members (excludes halogenated alkanes) is 1. The number of rotatable bonds is 6. The number of fused-ring (bicyclic) bond motifs is 1. The molecule has 1 aromatic carbocycles. The second-order valence-electron chi connectivity index (χ2n) is 6.26. The molecule has 104 valence electrons. The summed E-state index contributed by atoms with van der Waals surface area (Å²) >= 11 is 0. The van der Waals surface area contributed by atoms with Crippen LogP contribution in [0.5, 0.6) is 0 Å². The standard InChI is InChI=1S/C18H27N/c1-4-14(2)9-5-6-10-15-13-18(3,19)17-12-8-7-11-16(15)17/h7-8,11-14H,4-6,9-10,19H2,1-3H3. The van der Waals surface area contributed by atoms with Gasteiger partial charge in [0.2, 0.25) is 0 Å². The maximum atomic E-state index is 6.38. The maximum absolute atomic E-state index is 6.38. The molecule has 19 heavy (non-hydrogen) atoms. The van der Waals surface area contributed by atoms with Gasteiger partial charge in [-0.15, -0.1) is 0 Å². The molecule has 1 nitrogen and oxygen atoms in total. The van der Waals surface area contributed by atoms with Crippen molar-refractivity contribution in [1.82, 2.24) is 0 Å². The molecule has 0 saturated carbocycles. The van der Waals surface area contributed by atoms with E-state index in [2.05, 4.69) is 51.1 Å². The van der Waals surface area contributed by atoms with Gasteiger partial charge < -0.3 is 5.73 Å². The first-order chi connectivity index (χ1) is 9.04. The van der Waals surface area contributed by atoms with Crippen molar-refractivity contribution < 1.29 is 0 Å². The van der Waals surface area contributed by atoms with Gasteiger partial charge in [0.1, 0.15) is 0 Å². The highest BCUT2D eigenvalue weighted by Gasteiger charge is 2.29. The van der Waals surface area contributed by atoms with Crippen LogP contribution >= 0.6 is 0 Å². The largest absolute Gasteiger partial charge is 0.318 e. The molecule has 1 aliphatic carbocycles. The van der Waals surface area contributed by atoms with Crippen molar-refractivity contribution in [1.29, 1.82) is 0 Å². The predicted molar refractivity (Wildman–Crippen MR) is 83.9 cm³/mol. The Morgan fingerprint density at radius 3 is 2.68 bits per heavy atom. The topological polar surface area (TPSA) is 26.0 Å². The third-order valence-electron chi connectivity index (χ3n) is 4.42. The Kier molecular flexibility index (Phi) is 4.46. The van der Waals surface area contributed by atoms with Crippen LogP contribution in [-0.2, 0) is 5.54 Å². The molecule has 1 heteroatoms. The van der Waals surface area contributed by atoms with E-state index in [1.807, 2.05) is 0 Å². The second-order valence-corrected chi connectivity index (χ2v) is 6.26. The predicted octanol–water partition coefficient (Wildman–Crippen LogP) is 4.86. The van der Waals surface area contributed by atoms with Crippen LogP contribution in [0.4, 0.5) is 0 Å². The molecule has 0 radical (unpaired) electrons. The van der Waals surface area contributed by atoms with E-state index in [-0.39, 0.29) is 5.54 Å². The van der Waals surface area contributed by atoms with Crippen LogP contribution in [0.15, 0.2) is 30.3 Å². The summed E-state index contributed by atoms with van der Waals surface area (Å²) in [6.45, 7) is 6.74. The van der Waals surface area contributed by atoms with Crippen molar-refractivity contribution in [3.8, 4) is 0 Å². The lowest BCUT2D eigenvalue weighted by molar-refractivity contribution is 0.487. The lowest BCUT2D eigenvalue weighted by Crippen LogP contribution is -2.28. The fourth-order valence-corrected chi connectivity index (χ4v) is 2.97. The molecule has 0 fully saturated rings. The lowest BCUT2D eigenvalue weighted by atomic mass is 9.95. The highest BCUT2D eigenvalue weighted by Crippen LogP contribution is 2.39. The molecule has 0 spiro atoms. The van der Waals surface area contributed by atoms with E-state index in [9.17, 15) is 0 Å². The minimum atomic E-state index is -0.275. The zero-order valence-electron chi connectivity index (χ0n) is 12.6. The highest BCUT2D eigenvalue weighted by molar-refractivity contribution is 5.76.